The van der Waals surface area contributed by atoms with E-state index in [0.717, 1.165) is 41.8 Å². The number of nitrogens with one attached hydrogen (secondary N) is 2. The van der Waals surface area contributed by atoms with Gasteiger partial charge in [-0.2, -0.15) is 13.9 Å². The van der Waals surface area contributed by atoms with E-state index in [-0.39, 0.29) is 11.7 Å². The Morgan fingerprint density at radius 3 is 2.57 bits per heavy atom. The van der Waals surface area contributed by atoms with Gasteiger partial charge in [-0.15, -0.1) is 0 Å². The highest BCUT2D eigenvalue weighted by atomic mass is 19.3. The number of hydrogen-bond acceptors (Lipinski definition) is 4. The number of para-hydroxylation sites is 1. The van der Waals surface area contributed by atoms with E-state index in [4.69, 9.17) is 0 Å². The molecule has 2 N–H and O–H groups in total. The second-order valence-corrected chi connectivity index (χ2v) is 6.64. The largest absolute Gasteiger partial charge is 0.435 e. The summed E-state index contributed by atoms with van der Waals surface area (Å²) in [5.41, 5.74) is 3.09. The molecule has 1 saturated heterocycles. The van der Waals surface area contributed by atoms with Crippen LogP contribution in [0.2, 0.25) is 0 Å². The molecule has 3 aromatic heterocycles. The van der Waals surface area contributed by atoms with Gasteiger partial charge in [0.15, 0.2) is 0 Å². The first-order valence-electron chi connectivity index (χ1n) is 9.38. The number of benzene rings is 1. The second kappa shape index (κ2) is 8.73. The average molecular weight is 411 g/mol. The number of aromatic amines is 2. The zero-order valence-electron chi connectivity index (χ0n) is 15.9. The van der Waals surface area contributed by atoms with Crippen LogP contribution in [0.25, 0.3) is 22.3 Å². The Kier molecular flexibility index (Phi) is 5.69. The molecular weight excluding hydrogens is 392 g/mol. The van der Waals surface area contributed by atoms with Gasteiger partial charge < -0.3 is 14.6 Å². The van der Waals surface area contributed by atoms with Crippen molar-refractivity contribution < 1.29 is 18.3 Å². The van der Waals surface area contributed by atoms with Crippen LogP contribution in [-0.4, -0.2) is 50.7 Å². The highest BCUT2D eigenvalue weighted by molar-refractivity contribution is 5.97. The fraction of sp³-hybridized carbons (Fsp3) is 0.190. The van der Waals surface area contributed by atoms with Gasteiger partial charge in [0.1, 0.15) is 17.1 Å². The minimum absolute atomic E-state index is 0.0547. The second-order valence-electron chi connectivity index (χ2n) is 6.64. The van der Waals surface area contributed by atoms with Crippen molar-refractivity contribution in [3.05, 3.63) is 66.6 Å². The molecular formula is C21H19F2N5O2. The molecule has 0 spiro atoms. The number of fused-ring (bicyclic) bond motifs is 1. The summed E-state index contributed by atoms with van der Waals surface area (Å²) in [5, 5.41) is 7.63. The van der Waals surface area contributed by atoms with Gasteiger partial charge >= 0.3 is 6.61 Å². The molecule has 0 aliphatic carbocycles. The summed E-state index contributed by atoms with van der Waals surface area (Å²) in [5.74, 6) is 0.247. The van der Waals surface area contributed by atoms with Crippen LogP contribution in [0.4, 0.5) is 8.78 Å². The van der Waals surface area contributed by atoms with E-state index in [9.17, 15) is 13.6 Å². The van der Waals surface area contributed by atoms with E-state index < -0.39 is 6.61 Å². The van der Waals surface area contributed by atoms with Gasteiger partial charge in [-0.3, -0.25) is 9.89 Å². The maximum absolute atomic E-state index is 12.2. The fourth-order valence-corrected chi connectivity index (χ4v) is 2.96. The summed E-state index contributed by atoms with van der Waals surface area (Å²) >= 11 is 0. The van der Waals surface area contributed by atoms with Crippen molar-refractivity contribution in [2.45, 2.75) is 13.0 Å². The summed E-state index contributed by atoms with van der Waals surface area (Å²) < 4.78 is 27.1. The fourth-order valence-electron chi connectivity index (χ4n) is 2.96. The molecule has 30 heavy (non-hydrogen) atoms. The van der Waals surface area contributed by atoms with Crippen molar-refractivity contribution in [1.82, 2.24) is 25.1 Å². The lowest BCUT2D eigenvalue weighted by atomic mass is 10.2. The predicted octanol–water partition coefficient (Wildman–Crippen LogP) is 4.09. The summed E-state index contributed by atoms with van der Waals surface area (Å²) in [7, 11) is 0. The molecule has 4 heterocycles. The van der Waals surface area contributed by atoms with Crippen molar-refractivity contribution in [3.63, 3.8) is 0 Å². The highest BCUT2D eigenvalue weighted by Gasteiger charge is 2.23. The van der Waals surface area contributed by atoms with Crippen LogP contribution in [0.1, 0.15) is 16.9 Å². The SMILES string of the molecule is FC(F)Oc1ccccc1.O=C(c1cc2ccc(-c3cn[nH]c3)nc2[nH]1)N1CCC1. The lowest BCUT2D eigenvalue weighted by Gasteiger charge is -2.30. The number of pyridine rings is 1. The van der Waals surface area contributed by atoms with E-state index in [1.54, 1.807) is 30.6 Å². The number of likely N-dealkylation sites (tertiary alicyclic amines) is 1. The first-order valence-corrected chi connectivity index (χ1v) is 9.38. The van der Waals surface area contributed by atoms with Crippen LogP contribution < -0.4 is 4.74 Å². The standard InChI is InChI=1S/C14H13N5O.C7H6F2O/c20-14(19-4-1-5-19)12-6-9-2-3-11(17-13(9)18-12)10-7-15-16-8-10;8-7(9)10-6-4-2-1-3-5-6/h2-3,6-8H,1,4-5H2,(H,15,16)(H,17,18);1-5,7H. The third-order valence-electron chi connectivity index (χ3n) is 4.62. The van der Waals surface area contributed by atoms with E-state index in [1.807, 2.05) is 23.1 Å². The maximum Gasteiger partial charge on any atom is 0.387 e. The third kappa shape index (κ3) is 4.45. The first-order chi connectivity index (χ1) is 14.6. The lowest BCUT2D eigenvalue weighted by Crippen LogP contribution is -2.42. The van der Waals surface area contributed by atoms with E-state index in [1.165, 1.54) is 12.1 Å². The van der Waals surface area contributed by atoms with Crippen molar-refractivity contribution in [2.24, 2.45) is 0 Å². The molecule has 1 fully saturated rings. The summed E-state index contributed by atoms with van der Waals surface area (Å²) in [6.45, 7) is -1.04. The van der Waals surface area contributed by atoms with Crippen LogP contribution in [0.3, 0.4) is 0 Å². The molecule has 5 rings (SSSR count). The number of halogens is 2. The molecule has 9 heteroatoms. The number of aromatic nitrogens is 4. The van der Waals surface area contributed by atoms with Crippen molar-refractivity contribution in [2.75, 3.05) is 13.1 Å². The topological polar surface area (TPSA) is 86.9 Å². The normalized spacial score (nSPS) is 13.0. The number of carbonyl (C=O) groups excluding carboxylic acids is 1. The van der Waals surface area contributed by atoms with Crippen LogP contribution in [-0.2, 0) is 0 Å². The molecule has 7 nitrogen and oxygen atoms in total. The third-order valence-corrected chi connectivity index (χ3v) is 4.62. The van der Waals surface area contributed by atoms with Crippen LogP contribution in [0.5, 0.6) is 5.75 Å². The van der Waals surface area contributed by atoms with Gasteiger partial charge in [0.05, 0.1) is 11.9 Å². The summed E-state index contributed by atoms with van der Waals surface area (Å²) in [4.78, 5) is 21.6. The molecule has 0 atom stereocenters. The van der Waals surface area contributed by atoms with Crippen molar-refractivity contribution >= 4 is 16.9 Å². The molecule has 0 saturated carbocycles. The summed E-state index contributed by atoms with van der Waals surface area (Å²) in [6.07, 6.45) is 4.61. The molecule has 0 radical (unpaired) electrons. The van der Waals surface area contributed by atoms with E-state index >= 15 is 0 Å². The maximum atomic E-state index is 12.2. The molecule has 154 valence electrons. The van der Waals surface area contributed by atoms with E-state index in [0.29, 0.717) is 5.69 Å². The zero-order valence-corrected chi connectivity index (χ0v) is 15.9. The first kappa shape index (κ1) is 19.6. The van der Waals surface area contributed by atoms with Crippen LogP contribution in [0.15, 0.2) is 60.9 Å². The Morgan fingerprint density at radius 2 is 1.93 bits per heavy atom. The Hall–Kier alpha value is -3.75. The number of amides is 1. The zero-order chi connectivity index (χ0) is 20.9. The number of rotatable bonds is 4. The lowest BCUT2D eigenvalue weighted by molar-refractivity contribution is -0.0498. The van der Waals surface area contributed by atoms with Crippen molar-refractivity contribution in [3.8, 4) is 17.0 Å². The van der Waals surface area contributed by atoms with Gasteiger partial charge in [-0.1, -0.05) is 18.2 Å². The number of ether oxygens (including phenoxy) is 1. The Morgan fingerprint density at radius 1 is 1.13 bits per heavy atom. The van der Waals surface area contributed by atoms with Crippen LogP contribution >= 0.6 is 0 Å². The smallest absolute Gasteiger partial charge is 0.387 e. The highest BCUT2D eigenvalue weighted by Crippen LogP contribution is 2.22. The molecule has 0 unspecified atom stereocenters. The minimum atomic E-state index is -2.73. The van der Waals surface area contributed by atoms with Crippen LogP contribution in [0, 0.1) is 0 Å². The Bertz CT molecular complexity index is 1110. The van der Waals surface area contributed by atoms with Gasteiger partial charge in [0.2, 0.25) is 0 Å². The van der Waals surface area contributed by atoms with Gasteiger partial charge in [-0.25, -0.2) is 4.98 Å². The quantitative estimate of drug-likeness (QED) is 0.530. The number of H-pyrrole nitrogens is 2. The number of nitrogens with zero attached hydrogens (tertiary/aromatic N) is 3. The van der Waals surface area contributed by atoms with Gasteiger partial charge in [-0.05, 0) is 36.8 Å². The summed E-state index contributed by atoms with van der Waals surface area (Å²) in [6, 6.07) is 13.7. The number of hydrogen-bond donors (Lipinski definition) is 2. The number of carbonyl (C=O) groups is 1. The molecule has 0 bridgehead atoms. The monoisotopic (exact) mass is 411 g/mol. The van der Waals surface area contributed by atoms with Gasteiger partial charge in [0.25, 0.3) is 5.91 Å². The molecule has 1 amide bonds. The average Bonchev–Trinajstić information content (AvgIpc) is 3.37. The Balaban J connectivity index is 0.000000185. The molecule has 1 aromatic carbocycles. The molecule has 1 aliphatic heterocycles. The van der Waals surface area contributed by atoms with Crippen molar-refractivity contribution in [1.29, 1.82) is 0 Å². The molecule has 1 aliphatic rings. The minimum Gasteiger partial charge on any atom is -0.435 e. The number of alkyl halides is 2. The predicted molar refractivity (Wildman–Crippen MR) is 107 cm³/mol. The van der Waals surface area contributed by atoms with E-state index in [2.05, 4.69) is 24.9 Å². The Labute approximate surface area is 170 Å². The molecule has 4 aromatic rings. The van der Waals surface area contributed by atoms with Gasteiger partial charge in [0, 0.05) is 30.2 Å².